The van der Waals surface area contributed by atoms with Crippen LogP contribution in [0.25, 0.3) is 0 Å². The zero-order valence-electron chi connectivity index (χ0n) is 13.9. The van der Waals surface area contributed by atoms with Crippen LogP contribution in [0.4, 0.5) is 0 Å². The van der Waals surface area contributed by atoms with Crippen LogP contribution < -0.4 is 0 Å². The minimum Gasteiger partial charge on any atom is -0.279 e. The Bertz CT molecular complexity index is 951. The number of hydrogen-bond acceptors (Lipinski definition) is 2. The van der Waals surface area contributed by atoms with Crippen LogP contribution in [0.5, 0.6) is 0 Å². The largest absolute Gasteiger partial charge is 0.279 e. The zero-order chi connectivity index (χ0) is 18.2. The van der Waals surface area contributed by atoms with Crippen LogP contribution in [-0.4, -0.2) is 11.6 Å². The van der Waals surface area contributed by atoms with Crippen LogP contribution in [0.3, 0.4) is 0 Å². The van der Waals surface area contributed by atoms with Gasteiger partial charge in [-0.1, -0.05) is 48.2 Å². The molecule has 3 rings (SSSR count). The molecule has 0 amide bonds. The molecule has 0 unspecified atom stereocenters. The smallest absolute Gasteiger partial charge is 0.236 e. The quantitative estimate of drug-likeness (QED) is 0.521. The monoisotopic (exact) mass is 334 g/mol. The molecule has 3 aromatic carbocycles. The van der Waals surface area contributed by atoms with E-state index in [1.165, 1.54) is 0 Å². The third kappa shape index (κ3) is 4.57. The van der Waals surface area contributed by atoms with Crippen LogP contribution in [0.2, 0.25) is 0 Å². The van der Waals surface area contributed by atoms with Crippen molar-refractivity contribution in [2.24, 2.45) is 0 Å². The van der Waals surface area contributed by atoms with E-state index in [1.54, 1.807) is 24.3 Å². The SMILES string of the molecule is O=C(C#Cc1ccccc1)c1ccc(C(=O)C#Cc2ccccc2)cc1. The van der Waals surface area contributed by atoms with Crippen molar-refractivity contribution in [2.45, 2.75) is 0 Å². The summed E-state index contributed by atoms with van der Waals surface area (Å²) in [7, 11) is 0. The summed E-state index contributed by atoms with van der Waals surface area (Å²) in [6, 6.07) is 25.0. The van der Waals surface area contributed by atoms with Crippen LogP contribution >= 0.6 is 0 Å². The number of Topliss-reactive ketones (excluding diaryl/α,β-unsaturated/α-hetero) is 2. The van der Waals surface area contributed by atoms with E-state index >= 15 is 0 Å². The third-order valence-electron chi connectivity index (χ3n) is 3.60. The van der Waals surface area contributed by atoms with Gasteiger partial charge in [0.2, 0.25) is 11.6 Å². The Balaban J connectivity index is 1.70. The molecule has 0 spiro atoms. The van der Waals surface area contributed by atoms with Crippen molar-refractivity contribution in [3.63, 3.8) is 0 Å². The summed E-state index contributed by atoms with van der Waals surface area (Å²) >= 11 is 0. The highest BCUT2D eigenvalue weighted by atomic mass is 16.1. The number of hydrogen-bond donors (Lipinski definition) is 0. The Morgan fingerprint density at radius 3 is 1.19 bits per heavy atom. The highest BCUT2D eigenvalue weighted by Gasteiger charge is 2.05. The molecule has 0 radical (unpaired) electrons. The first kappa shape index (κ1) is 17.0. The lowest BCUT2D eigenvalue weighted by Gasteiger charge is -1.96. The van der Waals surface area contributed by atoms with E-state index in [1.807, 2.05) is 60.7 Å². The van der Waals surface area contributed by atoms with Gasteiger partial charge in [0, 0.05) is 22.3 Å². The molecule has 0 fully saturated rings. The van der Waals surface area contributed by atoms with Crippen molar-refractivity contribution in [3.05, 3.63) is 107 Å². The average Bonchev–Trinajstić information content (AvgIpc) is 2.72. The summed E-state index contributed by atoms with van der Waals surface area (Å²) in [6.45, 7) is 0. The summed E-state index contributed by atoms with van der Waals surface area (Å²) in [4.78, 5) is 24.2. The topological polar surface area (TPSA) is 34.1 Å². The lowest BCUT2D eigenvalue weighted by Crippen LogP contribution is -1.99. The molecule has 122 valence electrons. The van der Waals surface area contributed by atoms with Gasteiger partial charge in [-0.3, -0.25) is 9.59 Å². The maximum Gasteiger partial charge on any atom is 0.236 e. The van der Waals surface area contributed by atoms with Crippen molar-refractivity contribution in [2.75, 3.05) is 0 Å². The predicted octanol–water partition coefficient (Wildman–Crippen LogP) is 4.16. The molecule has 0 atom stereocenters. The van der Waals surface area contributed by atoms with Crippen LogP contribution in [0.1, 0.15) is 31.8 Å². The zero-order valence-corrected chi connectivity index (χ0v) is 13.9. The van der Waals surface area contributed by atoms with Gasteiger partial charge < -0.3 is 0 Å². The Kier molecular flexibility index (Phi) is 5.41. The maximum atomic E-state index is 12.1. The van der Waals surface area contributed by atoms with Gasteiger partial charge in [0.05, 0.1) is 0 Å². The van der Waals surface area contributed by atoms with E-state index < -0.39 is 0 Å². The molecule has 0 aromatic heterocycles. The van der Waals surface area contributed by atoms with E-state index in [0.717, 1.165) is 11.1 Å². The summed E-state index contributed by atoms with van der Waals surface area (Å²) < 4.78 is 0. The van der Waals surface area contributed by atoms with E-state index in [0.29, 0.717) is 11.1 Å². The second kappa shape index (κ2) is 8.29. The first-order chi connectivity index (χ1) is 12.7. The first-order valence-corrected chi connectivity index (χ1v) is 8.05. The highest BCUT2D eigenvalue weighted by Crippen LogP contribution is 2.06. The lowest BCUT2D eigenvalue weighted by molar-refractivity contribution is 0.104. The van der Waals surface area contributed by atoms with E-state index in [-0.39, 0.29) is 11.6 Å². The molecule has 3 aromatic rings. The molecule has 0 N–H and O–H groups in total. The van der Waals surface area contributed by atoms with Crippen molar-refractivity contribution in [3.8, 4) is 23.7 Å². The Morgan fingerprint density at radius 2 is 0.846 bits per heavy atom. The Hall–Kier alpha value is -3.88. The summed E-state index contributed by atoms with van der Waals surface area (Å²) in [5, 5.41) is 0. The molecule has 0 saturated heterocycles. The van der Waals surface area contributed by atoms with Crippen LogP contribution in [0.15, 0.2) is 84.9 Å². The first-order valence-electron chi connectivity index (χ1n) is 8.05. The number of rotatable bonds is 2. The Morgan fingerprint density at radius 1 is 0.500 bits per heavy atom. The number of carbonyl (C=O) groups excluding carboxylic acids is 2. The third-order valence-corrected chi connectivity index (χ3v) is 3.60. The predicted molar refractivity (Wildman–Crippen MR) is 102 cm³/mol. The molecule has 0 saturated carbocycles. The number of carbonyl (C=O) groups is 2. The number of benzene rings is 3. The van der Waals surface area contributed by atoms with Gasteiger partial charge in [-0.25, -0.2) is 0 Å². The second-order valence-corrected chi connectivity index (χ2v) is 5.47. The van der Waals surface area contributed by atoms with Crippen molar-refractivity contribution in [1.29, 1.82) is 0 Å². The standard InChI is InChI=1S/C24H14O2/c25-23(17-11-19-7-3-1-4-8-19)21-13-15-22(16-14-21)24(26)18-12-20-9-5-2-6-10-20/h1-10,13-16H. The van der Waals surface area contributed by atoms with Crippen molar-refractivity contribution < 1.29 is 9.59 Å². The van der Waals surface area contributed by atoms with Crippen molar-refractivity contribution >= 4 is 11.6 Å². The van der Waals surface area contributed by atoms with Crippen LogP contribution in [0, 0.1) is 23.7 Å². The van der Waals surface area contributed by atoms with Crippen LogP contribution in [-0.2, 0) is 0 Å². The van der Waals surface area contributed by atoms with Gasteiger partial charge in [-0.15, -0.1) is 0 Å². The summed E-state index contributed by atoms with van der Waals surface area (Å²) in [5.41, 5.74) is 2.45. The fraction of sp³-hybridized carbons (Fsp3) is 0. The van der Waals surface area contributed by atoms with Gasteiger partial charge in [-0.05, 0) is 60.4 Å². The van der Waals surface area contributed by atoms with E-state index in [2.05, 4.69) is 23.7 Å². The maximum absolute atomic E-state index is 12.1. The van der Waals surface area contributed by atoms with Gasteiger partial charge in [0.1, 0.15) is 0 Å². The summed E-state index contributed by atoms with van der Waals surface area (Å²) in [5.74, 6) is 10.3. The Labute approximate surface area is 152 Å². The molecule has 26 heavy (non-hydrogen) atoms. The fourth-order valence-electron chi connectivity index (χ4n) is 2.22. The van der Waals surface area contributed by atoms with Gasteiger partial charge in [0.15, 0.2) is 0 Å². The highest BCUT2D eigenvalue weighted by molar-refractivity contribution is 6.12. The molecule has 0 bridgehead atoms. The van der Waals surface area contributed by atoms with Gasteiger partial charge >= 0.3 is 0 Å². The molecule has 0 aliphatic rings. The lowest BCUT2D eigenvalue weighted by atomic mass is 10.1. The molecular formula is C24H14O2. The number of ketones is 2. The average molecular weight is 334 g/mol. The molecular weight excluding hydrogens is 320 g/mol. The van der Waals surface area contributed by atoms with Crippen molar-refractivity contribution in [1.82, 2.24) is 0 Å². The van der Waals surface area contributed by atoms with E-state index in [9.17, 15) is 9.59 Å². The van der Waals surface area contributed by atoms with Gasteiger partial charge in [0.25, 0.3) is 0 Å². The fourth-order valence-corrected chi connectivity index (χ4v) is 2.22. The minimum absolute atomic E-state index is 0.289. The molecule has 0 heterocycles. The molecule has 0 aliphatic heterocycles. The minimum atomic E-state index is -0.289. The normalized spacial score (nSPS) is 9.23. The molecule has 2 heteroatoms. The summed E-state index contributed by atoms with van der Waals surface area (Å²) in [6.07, 6.45) is 0. The molecule has 2 nitrogen and oxygen atoms in total. The second-order valence-electron chi connectivity index (χ2n) is 5.47. The molecule has 0 aliphatic carbocycles. The van der Waals surface area contributed by atoms with Gasteiger partial charge in [-0.2, -0.15) is 0 Å². The van der Waals surface area contributed by atoms with E-state index in [4.69, 9.17) is 0 Å².